The molecule has 1 saturated heterocycles. The molecule has 2 heterocycles. The fourth-order valence-corrected chi connectivity index (χ4v) is 2.65. The minimum Gasteiger partial charge on any atom is -0.480 e. The van der Waals surface area contributed by atoms with E-state index < -0.39 is 12.0 Å². The van der Waals surface area contributed by atoms with Crippen LogP contribution in [0.1, 0.15) is 31.7 Å². The van der Waals surface area contributed by atoms with E-state index in [1.54, 1.807) is 12.4 Å². The molecule has 0 bridgehead atoms. The van der Waals surface area contributed by atoms with Gasteiger partial charge >= 0.3 is 5.97 Å². The van der Waals surface area contributed by atoms with Gasteiger partial charge in [-0.05, 0) is 38.4 Å². The molecule has 17 heavy (non-hydrogen) atoms. The van der Waals surface area contributed by atoms with Gasteiger partial charge in [-0.3, -0.25) is 14.7 Å². The number of pyridine rings is 1. The first-order valence-corrected chi connectivity index (χ1v) is 5.99. The fourth-order valence-electron chi connectivity index (χ4n) is 2.65. The van der Waals surface area contributed by atoms with Crippen LogP contribution in [0.5, 0.6) is 0 Å². The quantitative estimate of drug-likeness (QED) is 0.865. The highest BCUT2D eigenvalue weighted by molar-refractivity contribution is 5.75. The summed E-state index contributed by atoms with van der Waals surface area (Å²) in [6, 6.07) is 3.68. The van der Waals surface area contributed by atoms with Crippen molar-refractivity contribution in [2.24, 2.45) is 0 Å². The molecule has 0 radical (unpaired) electrons. The third-order valence-corrected chi connectivity index (χ3v) is 3.47. The number of carboxylic acids is 1. The number of aliphatic carboxylic acids is 1. The second-order valence-electron chi connectivity index (χ2n) is 4.80. The number of carbonyl (C=O) groups is 1. The monoisotopic (exact) mass is 234 g/mol. The fraction of sp³-hybridized carbons (Fsp3) is 0.538. The van der Waals surface area contributed by atoms with Gasteiger partial charge in [0, 0.05) is 24.4 Å². The highest BCUT2D eigenvalue weighted by Crippen LogP contribution is 2.34. The molecule has 1 aromatic rings. The lowest BCUT2D eigenvalue weighted by molar-refractivity contribution is -0.143. The van der Waals surface area contributed by atoms with Crippen LogP contribution in [-0.2, 0) is 4.79 Å². The summed E-state index contributed by atoms with van der Waals surface area (Å²) in [6.45, 7) is 4.93. The van der Waals surface area contributed by atoms with Crippen LogP contribution in [0, 0.1) is 0 Å². The minimum absolute atomic E-state index is 0.0589. The Morgan fingerprint density at radius 3 is 2.88 bits per heavy atom. The van der Waals surface area contributed by atoms with Crippen LogP contribution >= 0.6 is 0 Å². The predicted octanol–water partition coefficient (Wildman–Crippen LogP) is 1.73. The van der Waals surface area contributed by atoms with Gasteiger partial charge in [-0.2, -0.15) is 0 Å². The molecular weight excluding hydrogens is 216 g/mol. The van der Waals surface area contributed by atoms with Crippen molar-refractivity contribution in [3.05, 3.63) is 30.1 Å². The Morgan fingerprint density at radius 2 is 2.35 bits per heavy atom. The van der Waals surface area contributed by atoms with E-state index in [1.807, 2.05) is 26.0 Å². The molecule has 4 nitrogen and oxygen atoms in total. The van der Waals surface area contributed by atoms with Gasteiger partial charge in [0.2, 0.25) is 0 Å². The summed E-state index contributed by atoms with van der Waals surface area (Å²) < 4.78 is 0. The van der Waals surface area contributed by atoms with Crippen LogP contribution in [0.4, 0.5) is 0 Å². The first kappa shape index (κ1) is 12.0. The maximum atomic E-state index is 11.4. The lowest BCUT2D eigenvalue weighted by Crippen LogP contribution is -2.42. The maximum Gasteiger partial charge on any atom is 0.321 e. The Bertz CT molecular complexity index is 392. The molecule has 1 aromatic heterocycles. The van der Waals surface area contributed by atoms with Gasteiger partial charge in [0.1, 0.15) is 6.04 Å². The van der Waals surface area contributed by atoms with Gasteiger partial charge in [-0.1, -0.05) is 6.07 Å². The van der Waals surface area contributed by atoms with Crippen LogP contribution < -0.4 is 0 Å². The zero-order valence-electron chi connectivity index (χ0n) is 10.2. The van der Waals surface area contributed by atoms with Gasteiger partial charge < -0.3 is 5.11 Å². The van der Waals surface area contributed by atoms with E-state index in [9.17, 15) is 9.90 Å². The molecule has 1 N–H and O–H groups in total. The van der Waals surface area contributed by atoms with E-state index in [0.717, 1.165) is 18.5 Å². The first-order chi connectivity index (χ1) is 8.11. The standard InChI is InChI=1S/C13H18N2O2/c1-9(2)15-7-5-11(12(15)13(16)17)10-4-3-6-14-8-10/h3-4,6,8-9,11-12H,5,7H2,1-2H3,(H,16,17)/t11?,12-/m0/s1. The number of hydrogen-bond donors (Lipinski definition) is 1. The summed E-state index contributed by atoms with van der Waals surface area (Å²) >= 11 is 0. The Hall–Kier alpha value is -1.42. The SMILES string of the molecule is CC(C)N1CCC(c2cccnc2)[C@H]1C(=O)O. The predicted molar refractivity (Wildman–Crippen MR) is 64.9 cm³/mol. The summed E-state index contributed by atoms with van der Waals surface area (Å²) in [4.78, 5) is 17.6. The van der Waals surface area contributed by atoms with Crippen LogP contribution in [0.3, 0.4) is 0 Å². The molecule has 92 valence electrons. The molecular formula is C13H18N2O2. The number of hydrogen-bond acceptors (Lipinski definition) is 3. The first-order valence-electron chi connectivity index (χ1n) is 5.99. The lowest BCUT2D eigenvalue weighted by atomic mass is 9.93. The number of aromatic nitrogens is 1. The molecule has 0 spiro atoms. The molecule has 4 heteroatoms. The summed E-state index contributed by atoms with van der Waals surface area (Å²) in [6.07, 6.45) is 4.39. The molecule has 2 rings (SSSR count). The van der Waals surface area contributed by atoms with Gasteiger partial charge in [0.05, 0.1) is 0 Å². The average molecular weight is 234 g/mol. The van der Waals surface area contributed by atoms with E-state index in [1.165, 1.54) is 0 Å². The number of nitrogens with zero attached hydrogens (tertiary/aromatic N) is 2. The Morgan fingerprint density at radius 1 is 1.59 bits per heavy atom. The third kappa shape index (κ3) is 2.31. The van der Waals surface area contributed by atoms with E-state index >= 15 is 0 Å². The van der Waals surface area contributed by atoms with Crippen LogP contribution in [0.2, 0.25) is 0 Å². The molecule has 0 aliphatic carbocycles. The summed E-state index contributed by atoms with van der Waals surface area (Å²) in [5, 5.41) is 9.40. The second-order valence-corrected chi connectivity index (χ2v) is 4.80. The maximum absolute atomic E-state index is 11.4. The van der Waals surface area contributed by atoms with Crippen molar-refractivity contribution in [2.45, 2.75) is 38.3 Å². The van der Waals surface area contributed by atoms with E-state index in [2.05, 4.69) is 9.88 Å². The van der Waals surface area contributed by atoms with Crippen molar-refractivity contribution in [1.82, 2.24) is 9.88 Å². The zero-order valence-corrected chi connectivity index (χ0v) is 10.2. The van der Waals surface area contributed by atoms with Crippen molar-refractivity contribution in [1.29, 1.82) is 0 Å². The number of likely N-dealkylation sites (tertiary alicyclic amines) is 1. The molecule has 1 aliphatic heterocycles. The summed E-state index contributed by atoms with van der Waals surface area (Å²) in [5.74, 6) is -0.673. The van der Waals surface area contributed by atoms with Crippen molar-refractivity contribution >= 4 is 5.97 Å². The molecule has 1 aliphatic rings. The molecule has 0 amide bonds. The number of carboxylic acid groups (broad SMARTS) is 1. The van der Waals surface area contributed by atoms with Crippen LogP contribution in [-0.4, -0.2) is 39.6 Å². The van der Waals surface area contributed by atoms with Crippen molar-refractivity contribution in [3.63, 3.8) is 0 Å². The molecule has 0 aromatic carbocycles. The van der Waals surface area contributed by atoms with E-state index in [4.69, 9.17) is 0 Å². The Labute approximate surface area is 101 Å². The average Bonchev–Trinajstić information content (AvgIpc) is 2.74. The van der Waals surface area contributed by atoms with E-state index in [-0.39, 0.29) is 12.0 Å². The molecule has 1 fully saturated rings. The van der Waals surface area contributed by atoms with Crippen LogP contribution in [0.25, 0.3) is 0 Å². The summed E-state index contributed by atoms with van der Waals surface area (Å²) in [7, 11) is 0. The zero-order chi connectivity index (χ0) is 12.4. The Balaban J connectivity index is 2.27. The smallest absolute Gasteiger partial charge is 0.321 e. The van der Waals surface area contributed by atoms with Crippen molar-refractivity contribution in [3.8, 4) is 0 Å². The van der Waals surface area contributed by atoms with Gasteiger partial charge in [0.15, 0.2) is 0 Å². The van der Waals surface area contributed by atoms with Gasteiger partial charge in [-0.25, -0.2) is 0 Å². The van der Waals surface area contributed by atoms with Crippen molar-refractivity contribution in [2.75, 3.05) is 6.54 Å². The Kier molecular flexibility index (Phi) is 3.43. The third-order valence-electron chi connectivity index (χ3n) is 3.47. The highest BCUT2D eigenvalue weighted by Gasteiger charge is 2.41. The van der Waals surface area contributed by atoms with Gasteiger partial charge in [0.25, 0.3) is 0 Å². The summed E-state index contributed by atoms with van der Waals surface area (Å²) in [5.41, 5.74) is 1.03. The van der Waals surface area contributed by atoms with Crippen LogP contribution in [0.15, 0.2) is 24.5 Å². The minimum atomic E-state index is -0.731. The normalized spacial score (nSPS) is 25.4. The lowest BCUT2D eigenvalue weighted by Gasteiger charge is -2.27. The highest BCUT2D eigenvalue weighted by atomic mass is 16.4. The molecule has 2 atom stereocenters. The van der Waals surface area contributed by atoms with Gasteiger partial charge in [-0.15, -0.1) is 0 Å². The molecule has 1 unspecified atom stereocenters. The largest absolute Gasteiger partial charge is 0.480 e. The molecule has 0 saturated carbocycles. The topological polar surface area (TPSA) is 53.4 Å². The second kappa shape index (κ2) is 4.84. The number of rotatable bonds is 3. The van der Waals surface area contributed by atoms with Crippen molar-refractivity contribution < 1.29 is 9.90 Å². The van der Waals surface area contributed by atoms with E-state index in [0.29, 0.717) is 0 Å².